The molecule has 0 spiro atoms. The van der Waals surface area contributed by atoms with Crippen molar-refractivity contribution in [3.05, 3.63) is 53.6 Å². The van der Waals surface area contributed by atoms with E-state index in [1.54, 1.807) is 16.8 Å². The molecule has 1 aliphatic heterocycles. The van der Waals surface area contributed by atoms with Crippen LogP contribution in [0.5, 0.6) is 0 Å². The number of anilines is 1. The third-order valence-electron chi connectivity index (χ3n) is 7.83. The quantitative estimate of drug-likeness (QED) is 0.351. The predicted molar refractivity (Wildman–Crippen MR) is 155 cm³/mol. The lowest BCUT2D eigenvalue weighted by Crippen LogP contribution is -2.38. The second-order valence-corrected chi connectivity index (χ2v) is 13.0. The Balaban J connectivity index is 1.49. The summed E-state index contributed by atoms with van der Waals surface area (Å²) in [7, 11) is 0. The Hall–Kier alpha value is -2.93. The van der Waals surface area contributed by atoms with Gasteiger partial charge in [-0.3, -0.25) is 14.4 Å². The first-order valence-electron chi connectivity index (χ1n) is 14.0. The Morgan fingerprint density at radius 3 is 2.47 bits per heavy atom. The van der Waals surface area contributed by atoms with Crippen molar-refractivity contribution in [3.8, 4) is 11.3 Å². The van der Waals surface area contributed by atoms with E-state index in [1.165, 1.54) is 61.6 Å². The van der Waals surface area contributed by atoms with Crippen LogP contribution in [0.15, 0.2) is 42.5 Å². The number of hydrogen-bond acceptors (Lipinski definition) is 4. The van der Waals surface area contributed by atoms with Crippen LogP contribution >= 0.6 is 11.9 Å². The number of hydrogen-bond donors (Lipinski definition) is 1. The minimum absolute atomic E-state index is 0.0389. The van der Waals surface area contributed by atoms with Gasteiger partial charge in [0.25, 0.3) is 5.91 Å². The molecule has 2 fully saturated rings. The molecule has 0 saturated heterocycles. The molecule has 0 atom stereocenters. The summed E-state index contributed by atoms with van der Waals surface area (Å²) in [4.78, 5) is 28.2. The van der Waals surface area contributed by atoms with Gasteiger partial charge in [-0.1, -0.05) is 43.5 Å². The Morgan fingerprint density at radius 2 is 1.74 bits per heavy atom. The molecular formula is C31H37N3O3S. The van der Waals surface area contributed by atoms with Crippen molar-refractivity contribution in [2.45, 2.75) is 89.0 Å². The Labute approximate surface area is 229 Å². The maximum atomic E-state index is 13.4. The highest BCUT2D eigenvalue weighted by molar-refractivity contribution is 7.98. The van der Waals surface area contributed by atoms with Crippen molar-refractivity contribution < 1.29 is 14.3 Å². The zero-order valence-electron chi connectivity index (χ0n) is 22.6. The molecule has 2 aliphatic carbocycles. The van der Waals surface area contributed by atoms with Crippen molar-refractivity contribution in [1.82, 2.24) is 9.29 Å². The Kier molecular flexibility index (Phi) is 6.67. The van der Waals surface area contributed by atoms with E-state index in [0.717, 1.165) is 16.8 Å². The molecule has 7 heteroatoms. The van der Waals surface area contributed by atoms with Gasteiger partial charge in [-0.05, 0) is 88.1 Å². The molecule has 2 aromatic carbocycles. The number of aromatic nitrogens is 1. The van der Waals surface area contributed by atoms with E-state index in [0.29, 0.717) is 29.8 Å². The lowest BCUT2D eigenvalue weighted by Gasteiger charge is -2.28. The summed E-state index contributed by atoms with van der Waals surface area (Å²) in [5, 5.41) is 1.79. The second kappa shape index (κ2) is 9.99. The first kappa shape index (κ1) is 25.4. The highest BCUT2D eigenvalue weighted by Gasteiger charge is 2.33. The monoisotopic (exact) mass is 531 g/mol. The summed E-state index contributed by atoms with van der Waals surface area (Å²) in [5.41, 5.74) is 5.69. The normalized spacial score (nSPS) is 18.0. The summed E-state index contributed by atoms with van der Waals surface area (Å²) >= 11 is 1.54. The molecule has 38 heavy (non-hydrogen) atoms. The molecule has 200 valence electrons. The van der Waals surface area contributed by atoms with Crippen LogP contribution in [0.25, 0.3) is 22.2 Å². The fourth-order valence-electron chi connectivity index (χ4n) is 5.96. The number of rotatable bonds is 4. The second-order valence-electron chi connectivity index (χ2n) is 11.9. The number of carbonyl (C=O) groups is 2. The van der Waals surface area contributed by atoms with E-state index < -0.39 is 5.60 Å². The van der Waals surface area contributed by atoms with E-state index >= 15 is 0 Å². The highest BCUT2D eigenvalue weighted by Crippen LogP contribution is 2.47. The maximum absolute atomic E-state index is 13.4. The molecule has 0 unspecified atom stereocenters. The fourth-order valence-corrected chi connectivity index (χ4v) is 6.73. The first-order chi connectivity index (χ1) is 18.3. The molecule has 3 aromatic rings. The standard InChI is InChI=1S/C31H37N3O3S/c1-31(2,3)37-30(36)34-18-17-33-26-19-21(29(35)32-38-22-14-15-22)13-16-23(26)27(20-9-5-4-6-10-20)28(33)24-11-7-8-12-25(24)34/h7-8,11-13,16,19-20,22H,4-6,9-10,14-15,17-18H2,1-3H3,(H,32,35). The van der Waals surface area contributed by atoms with Gasteiger partial charge >= 0.3 is 6.09 Å². The van der Waals surface area contributed by atoms with Gasteiger partial charge in [0, 0.05) is 40.4 Å². The van der Waals surface area contributed by atoms with Crippen LogP contribution in [0, 0.1) is 0 Å². The van der Waals surface area contributed by atoms with E-state index in [2.05, 4.69) is 33.6 Å². The highest BCUT2D eigenvalue weighted by atomic mass is 32.2. The Morgan fingerprint density at radius 1 is 0.974 bits per heavy atom. The minimum atomic E-state index is -0.575. The molecule has 6 rings (SSSR count). The van der Waals surface area contributed by atoms with E-state index in [1.807, 2.05) is 39.0 Å². The number of fused-ring (bicyclic) bond motifs is 5. The predicted octanol–water partition coefficient (Wildman–Crippen LogP) is 7.65. The SMILES string of the molecule is CC(C)(C)OC(=O)N1CCn2c(c(C3CCCCC3)c3ccc(C(=O)NSC4CC4)cc32)-c2ccccc21. The Bertz CT molecular complexity index is 1380. The largest absolute Gasteiger partial charge is 0.443 e. The van der Waals surface area contributed by atoms with Gasteiger partial charge in [0.05, 0.1) is 11.4 Å². The van der Waals surface area contributed by atoms with Crippen LogP contribution < -0.4 is 9.62 Å². The van der Waals surface area contributed by atoms with Crippen molar-refractivity contribution in [3.63, 3.8) is 0 Å². The molecule has 3 aliphatic rings. The van der Waals surface area contributed by atoms with Gasteiger partial charge in [-0.25, -0.2) is 4.79 Å². The van der Waals surface area contributed by atoms with Gasteiger partial charge in [0.1, 0.15) is 5.60 Å². The van der Waals surface area contributed by atoms with Crippen LogP contribution in [0.4, 0.5) is 10.5 Å². The van der Waals surface area contributed by atoms with Crippen LogP contribution in [0.3, 0.4) is 0 Å². The summed E-state index contributed by atoms with van der Waals surface area (Å²) in [6.07, 6.45) is 8.13. The van der Waals surface area contributed by atoms with E-state index in [4.69, 9.17) is 4.74 Å². The van der Waals surface area contributed by atoms with Crippen LogP contribution in [0.1, 0.15) is 87.6 Å². The van der Waals surface area contributed by atoms with Crippen LogP contribution in [-0.4, -0.2) is 34.0 Å². The summed E-state index contributed by atoms with van der Waals surface area (Å²) in [6, 6.07) is 14.4. The zero-order chi connectivity index (χ0) is 26.4. The van der Waals surface area contributed by atoms with Crippen molar-refractivity contribution >= 4 is 40.5 Å². The van der Waals surface area contributed by atoms with Gasteiger partial charge in [0.15, 0.2) is 0 Å². The molecule has 6 nitrogen and oxygen atoms in total. The molecule has 1 N–H and O–H groups in total. The van der Waals surface area contributed by atoms with Crippen LogP contribution in [-0.2, 0) is 11.3 Å². The zero-order valence-corrected chi connectivity index (χ0v) is 23.4. The number of amides is 2. The number of nitrogens with one attached hydrogen (secondary N) is 1. The lowest BCUT2D eigenvalue weighted by molar-refractivity contribution is 0.0579. The third kappa shape index (κ3) is 4.93. The smallest absolute Gasteiger partial charge is 0.414 e. The lowest BCUT2D eigenvalue weighted by atomic mass is 9.81. The van der Waals surface area contributed by atoms with Gasteiger partial charge < -0.3 is 9.30 Å². The van der Waals surface area contributed by atoms with Gasteiger partial charge in [0.2, 0.25) is 0 Å². The third-order valence-corrected chi connectivity index (χ3v) is 8.94. The maximum Gasteiger partial charge on any atom is 0.414 e. The molecule has 0 bridgehead atoms. The first-order valence-corrected chi connectivity index (χ1v) is 14.9. The number of nitrogens with zero attached hydrogens (tertiary/aromatic N) is 2. The number of para-hydroxylation sites is 1. The van der Waals surface area contributed by atoms with Crippen molar-refractivity contribution in [1.29, 1.82) is 0 Å². The molecule has 0 radical (unpaired) electrons. The van der Waals surface area contributed by atoms with Crippen molar-refractivity contribution in [2.24, 2.45) is 0 Å². The van der Waals surface area contributed by atoms with E-state index in [-0.39, 0.29) is 12.0 Å². The van der Waals surface area contributed by atoms with E-state index in [9.17, 15) is 9.59 Å². The van der Waals surface area contributed by atoms with Crippen LogP contribution in [0.2, 0.25) is 0 Å². The fraction of sp³-hybridized carbons (Fsp3) is 0.484. The van der Waals surface area contributed by atoms with Gasteiger partial charge in [-0.2, -0.15) is 0 Å². The average molecular weight is 532 g/mol. The number of benzene rings is 2. The number of ether oxygens (including phenoxy) is 1. The minimum Gasteiger partial charge on any atom is -0.443 e. The summed E-state index contributed by atoms with van der Waals surface area (Å²) in [6.45, 7) is 6.85. The topological polar surface area (TPSA) is 63.6 Å². The van der Waals surface area contributed by atoms with Crippen molar-refractivity contribution in [2.75, 3.05) is 11.4 Å². The average Bonchev–Trinajstić information content (AvgIpc) is 3.70. The summed E-state index contributed by atoms with van der Waals surface area (Å²) < 4.78 is 11.2. The molecule has 2 amide bonds. The summed E-state index contributed by atoms with van der Waals surface area (Å²) in [5.74, 6) is 0.428. The molecule has 1 aromatic heterocycles. The molecule has 2 saturated carbocycles. The van der Waals surface area contributed by atoms with Gasteiger partial charge in [-0.15, -0.1) is 0 Å². The molecular weight excluding hydrogens is 494 g/mol. The molecule has 2 heterocycles. The number of carbonyl (C=O) groups excluding carboxylic acids is 2.